The SMILES string of the molecule is C=CCN(C(=O)[C@H]1[C@H]2C(=O)N([C@@H](CO)[C@@H](C)CC)C(C(=O)N(CC=C)c3c(C)cccc3Cl)C23CC(Br)[C@@H]1O3)c1ccccc1. The summed E-state index contributed by atoms with van der Waals surface area (Å²) in [5.74, 6) is -2.92. The normalized spacial score (nSPS) is 28.0. The third kappa shape index (κ3) is 5.45. The molecule has 45 heavy (non-hydrogen) atoms. The van der Waals surface area contributed by atoms with Crippen LogP contribution in [0.2, 0.25) is 5.02 Å². The number of benzene rings is 2. The lowest BCUT2D eigenvalue weighted by Crippen LogP contribution is -2.60. The minimum atomic E-state index is -1.31. The van der Waals surface area contributed by atoms with Gasteiger partial charge in [0.2, 0.25) is 11.8 Å². The molecule has 0 aliphatic carbocycles. The van der Waals surface area contributed by atoms with Crippen molar-refractivity contribution in [2.75, 3.05) is 29.5 Å². The minimum absolute atomic E-state index is 0.132. The predicted octanol–water partition coefficient (Wildman–Crippen LogP) is 5.54. The van der Waals surface area contributed by atoms with Crippen molar-refractivity contribution in [1.82, 2.24) is 4.90 Å². The average Bonchev–Trinajstić information content (AvgIpc) is 3.62. The molecule has 2 aromatic carbocycles. The number of amides is 3. The fourth-order valence-corrected chi connectivity index (χ4v) is 8.84. The molecular formula is C35H41BrClN3O5. The van der Waals surface area contributed by atoms with E-state index in [4.69, 9.17) is 16.3 Å². The highest BCUT2D eigenvalue weighted by Gasteiger charge is 2.77. The molecule has 3 aliphatic heterocycles. The van der Waals surface area contributed by atoms with Gasteiger partial charge in [0.25, 0.3) is 5.91 Å². The van der Waals surface area contributed by atoms with E-state index in [1.54, 1.807) is 28.0 Å². The Hall–Kier alpha value is -2.98. The number of hydrogen-bond donors (Lipinski definition) is 1. The summed E-state index contributed by atoms with van der Waals surface area (Å²) in [5, 5.41) is 11.1. The van der Waals surface area contributed by atoms with Crippen molar-refractivity contribution in [3.8, 4) is 0 Å². The summed E-state index contributed by atoms with van der Waals surface area (Å²) in [6, 6.07) is 12.9. The van der Waals surface area contributed by atoms with Crippen LogP contribution >= 0.6 is 27.5 Å². The number of halogens is 2. The number of fused-ring (bicyclic) bond motifs is 1. The maximum atomic E-state index is 15.0. The Morgan fingerprint density at radius 1 is 1.13 bits per heavy atom. The second kappa shape index (κ2) is 13.4. The molecule has 0 radical (unpaired) electrons. The fraction of sp³-hybridized carbons (Fsp3) is 0.457. The third-order valence-corrected chi connectivity index (χ3v) is 10.9. The molecule has 3 fully saturated rings. The number of rotatable bonds is 12. The van der Waals surface area contributed by atoms with E-state index < -0.39 is 35.6 Å². The van der Waals surface area contributed by atoms with Crippen molar-refractivity contribution >= 4 is 56.6 Å². The van der Waals surface area contributed by atoms with E-state index >= 15 is 4.79 Å². The second-order valence-corrected chi connectivity index (χ2v) is 13.8. The van der Waals surface area contributed by atoms with Gasteiger partial charge >= 0.3 is 0 Å². The van der Waals surface area contributed by atoms with E-state index in [0.29, 0.717) is 29.2 Å². The largest absolute Gasteiger partial charge is 0.394 e. The number of hydrogen-bond acceptors (Lipinski definition) is 5. The number of aliphatic hydroxyl groups excluding tert-OH is 1. The molecular weight excluding hydrogens is 658 g/mol. The maximum Gasteiger partial charge on any atom is 0.253 e. The number of alkyl halides is 1. The quantitative estimate of drug-likeness (QED) is 0.232. The zero-order valence-corrected chi connectivity index (χ0v) is 28.3. The summed E-state index contributed by atoms with van der Waals surface area (Å²) in [4.78, 5) is 48.8. The van der Waals surface area contributed by atoms with Gasteiger partial charge in [-0.2, -0.15) is 0 Å². The first-order chi connectivity index (χ1) is 21.6. The van der Waals surface area contributed by atoms with Gasteiger partial charge in [-0.25, -0.2) is 0 Å². The van der Waals surface area contributed by atoms with Crippen molar-refractivity contribution in [3.05, 3.63) is 84.4 Å². The second-order valence-electron chi connectivity index (χ2n) is 12.3. The summed E-state index contributed by atoms with van der Waals surface area (Å²) in [6.07, 6.45) is 3.65. The smallest absolute Gasteiger partial charge is 0.253 e. The molecule has 3 heterocycles. The molecule has 8 nitrogen and oxygen atoms in total. The van der Waals surface area contributed by atoms with Crippen LogP contribution in [0.4, 0.5) is 11.4 Å². The summed E-state index contributed by atoms with van der Waals surface area (Å²) in [6.45, 7) is 13.6. The van der Waals surface area contributed by atoms with E-state index in [1.807, 2.05) is 63.2 Å². The number of aliphatic hydroxyl groups is 1. The Morgan fingerprint density at radius 3 is 2.40 bits per heavy atom. The minimum Gasteiger partial charge on any atom is -0.394 e. The summed E-state index contributed by atoms with van der Waals surface area (Å²) >= 11 is 10.5. The number of anilines is 2. The molecule has 3 aliphatic rings. The summed E-state index contributed by atoms with van der Waals surface area (Å²) in [7, 11) is 0. The maximum absolute atomic E-state index is 15.0. The molecule has 5 rings (SSSR count). The molecule has 2 aromatic rings. The van der Waals surface area contributed by atoms with Crippen molar-refractivity contribution in [3.63, 3.8) is 0 Å². The van der Waals surface area contributed by atoms with Crippen LogP contribution in [0.15, 0.2) is 73.8 Å². The van der Waals surface area contributed by atoms with Gasteiger partial charge in [0.05, 0.1) is 41.3 Å². The lowest BCUT2D eigenvalue weighted by atomic mass is 9.70. The Balaban J connectivity index is 1.67. The molecule has 10 heteroatoms. The Labute approximate surface area is 278 Å². The van der Waals surface area contributed by atoms with Crippen LogP contribution in [0.5, 0.6) is 0 Å². The Morgan fingerprint density at radius 2 is 1.80 bits per heavy atom. The molecule has 1 N–H and O–H groups in total. The van der Waals surface area contributed by atoms with E-state index in [1.165, 1.54) is 4.90 Å². The topological polar surface area (TPSA) is 90.4 Å². The molecule has 0 aromatic heterocycles. The van der Waals surface area contributed by atoms with Crippen LogP contribution in [0.3, 0.4) is 0 Å². The van der Waals surface area contributed by atoms with Crippen molar-refractivity contribution in [1.29, 1.82) is 0 Å². The summed E-state index contributed by atoms with van der Waals surface area (Å²) < 4.78 is 6.79. The highest BCUT2D eigenvalue weighted by Crippen LogP contribution is 2.61. The lowest BCUT2D eigenvalue weighted by molar-refractivity contribution is -0.145. The highest BCUT2D eigenvalue weighted by atomic mass is 79.9. The van der Waals surface area contributed by atoms with Crippen LogP contribution in [0.25, 0.3) is 0 Å². The van der Waals surface area contributed by atoms with E-state index in [0.717, 1.165) is 5.56 Å². The van der Waals surface area contributed by atoms with Crippen LogP contribution in [-0.4, -0.2) is 76.0 Å². The van der Waals surface area contributed by atoms with Gasteiger partial charge in [-0.05, 0) is 43.0 Å². The monoisotopic (exact) mass is 697 g/mol. The van der Waals surface area contributed by atoms with Crippen LogP contribution in [-0.2, 0) is 19.1 Å². The van der Waals surface area contributed by atoms with Gasteiger partial charge < -0.3 is 24.5 Å². The van der Waals surface area contributed by atoms with Gasteiger partial charge in [0.15, 0.2) is 0 Å². The van der Waals surface area contributed by atoms with Gasteiger partial charge in [0, 0.05) is 23.6 Å². The molecule has 3 amide bonds. The van der Waals surface area contributed by atoms with Crippen LogP contribution < -0.4 is 9.80 Å². The van der Waals surface area contributed by atoms with Gasteiger partial charge in [-0.1, -0.05) is 90.3 Å². The first-order valence-electron chi connectivity index (χ1n) is 15.5. The van der Waals surface area contributed by atoms with Crippen molar-refractivity contribution in [2.45, 2.75) is 62.2 Å². The number of para-hydroxylation sites is 2. The predicted molar refractivity (Wildman–Crippen MR) is 181 cm³/mol. The summed E-state index contributed by atoms with van der Waals surface area (Å²) in [5.41, 5.74) is 0.685. The zero-order valence-electron chi connectivity index (χ0n) is 25.9. The first-order valence-corrected chi connectivity index (χ1v) is 16.8. The third-order valence-electron chi connectivity index (χ3n) is 9.77. The van der Waals surface area contributed by atoms with Crippen LogP contribution in [0.1, 0.15) is 32.3 Å². The highest BCUT2D eigenvalue weighted by molar-refractivity contribution is 9.09. The van der Waals surface area contributed by atoms with Crippen molar-refractivity contribution in [2.24, 2.45) is 17.8 Å². The van der Waals surface area contributed by atoms with Gasteiger partial charge in [0.1, 0.15) is 11.6 Å². The van der Waals surface area contributed by atoms with Crippen LogP contribution in [0, 0.1) is 24.7 Å². The van der Waals surface area contributed by atoms with Gasteiger partial charge in [-0.15, -0.1) is 13.2 Å². The Kier molecular flexibility index (Phi) is 9.94. The fourth-order valence-electron chi connectivity index (χ4n) is 7.57. The standard InChI is InChI=1S/C35H41BrClN3O5/c1-6-17-38(23-14-10-9-11-15-23)32(42)27-28-33(43)40(26(20-41)21(4)8-3)31(35(28)19-24(36)30(27)45-35)34(44)39(18-7-2)29-22(5)13-12-16-25(29)37/h6-7,9-16,21,24,26-28,30-31,41H,1-2,8,17-20H2,3-5H3/t21-,24?,26-,27-,28-,30-,31?,35?/m0/s1. The number of likely N-dealkylation sites (tertiary alicyclic amines) is 1. The van der Waals surface area contributed by atoms with Gasteiger partial charge in [-0.3, -0.25) is 14.4 Å². The molecule has 3 saturated heterocycles. The van der Waals surface area contributed by atoms with Crippen molar-refractivity contribution < 1.29 is 24.2 Å². The number of nitrogens with zero attached hydrogens (tertiary/aromatic N) is 3. The zero-order chi connectivity index (χ0) is 32.6. The molecule has 240 valence electrons. The number of carbonyl (C=O) groups excluding carboxylic acids is 3. The number of carbonyl (C=O) groups is 3. The molecule has 1 spiro atoms. The lowest BCUT2D eigenvalue weighted by Gasteiger charge is -2.41. The molecule has 8 atom stereocenters. The van der Waals surface area contributed by atoms with E-state index in [2.05, 4.69) is 29.1 Å². The van der Waals surface area contributed by atoms with E-state index in [-0.39, 0.29) is 48.2 Å². The average molecular weight is 699 g/mol. The number of aryl methyl sites for hydroxylation is 1. The first kappa shape index (κ1) is 33.4. The van der Waals surface area contributed by atoms with E-state index in [9.17, 15) is 14.7 Å². The molecule has 2 bridgehead atoms. The number of ether oxygens (including phenoxy) is 1. The Bertz CT molecular complexity index is 1450. The molecule has 0 saturated carbocycles. The molecule has 3 unspecified atom stereocenters.